The summed E-state index contributed by atoms with van der Waals surface area (Å²) >= 11 is 1.65. The molecule has 1 spiro atoms. The third kappa shape index (κ3) is 2.64. The van der Waals surface area contributed by atoms with Crippen LogP contribution in [0, 0.1) is 0 Å². The van der Waals surface area contributed by atoms with E-state index in [2.05, 4.69) is 4.98 Å². The topological polar surface area (TPSA) is 61.3 Å². The molecular weight excluding hydrogens is 284 g/mol. The number of nitrogen functional groups attached to an aromatic ring is 1. The van der Waals surface area contributed by atoms with Gasteiger partial charge >= 0.3 is 0 Å². The van der Waals surface area contributed by atoms with E-state index in [0.717, 1.165) is 22.5 Å². The number of hydrogen-bond donors (Lipinski definition) is 1. The first kappa shape index (κ1) is 13.5. The predicted molar refractivity (Wildman–Crippen MR) is 84.5 cm³/mol. The van der Waals surface area contributed by atoms with Crippen LogP contribution in [0.1, 0.15) is 38.5 Å². The molecule has 1 saturated heterocycles. The molecule has 112 valence electrons. The third-order valence-electron chi connectivity index (χ3n) is 4.64. The van der Waals surface area contributed by atoms with E-state index in [1.807, 2.05) is 18.2 Å². The van der Waals surface area contributed by atoms with Crippen molar-refractivity contribution in [2.75, 3.05) is 11.5 Å². The van der Waals surface area contributed by atoms with Gasteiger partial charge in [-0.15, -0.1) is 0 Å². The second-order valence-corrected chi connectivity index (χ2v) is 7.16. The minimum atomic E-state index is 0.209. The zero-order chi connectivity index (χ0) is 14.3. The summed E-state index contributed by atoms with van der Waals surface area (Å²) in [5.41, 5.74) is 8.32. The van der Waals surface area contributed by atoms with Gasteiger partial charge in [-0.1, -0.05) is 24.6 Å². The molecule has 5 heteroatoms. The minimum Gasteiger partial charge on any atom is -0.431 e. The highest BCUT2D eigenvalue weighted by Gasteiger charge is 2.42. The number of aromatic nitrogens is 1. The number of ether oxygens (including phenoxy) is 1. The van der Waals surface area contributed by atoms with Gasteiger partial charge in [-0.2, -0.15) is 0 Å². The summed E-state index contributed by atoms with van der Waals surface area (Å²) in [5, 5.41) is 0.714. The second kappa shape index (κ2) is 5.21. The van der Waals surface area contributed by atoms with Crippen LogP contribution in [0.2, 0.25) is 0 Å². The Balaban J connectivity index is 1.39. The van der Waals surface area contributed by atoms with E-state index < -0.39 is 0 Å². The fourth-order valence-electron chi connectivity index (χ4n) is 3.55. The van der Waals surface area contributed by atoms with Gasteiger partial charge < -0.3 is 14.9 Å². The number of nitrogens with two attached hydrogens (primary N) is 1. The molecule has 1 saturated carbocycles. The minimum absolute atomic E-state index is 0.209. The Morgan fingerprint density at radius 2 is 2.14 bits per heavy atom. The summed E-state index contributed by atoms with van der Waals surface area (Å²) in [7, 11) is 0. The maximum absolute atomic E-state index is 6.31. The van der Waals surface area contributed by atoms with E-state index >= 15 is 0 Å². The maximum Gasteiger partial charge on any atom is 0.256 e. The Hall–Kier alpha value is -1.20. The standard InChI is InChI=1S/C16H20N2O2S/c17-11-3-4-14-13(9-11)18-15(19-14)21-10-12-5-8-16(20-12)6-1-2-7-16/h3-4,9,12H,1-2,5-8,10,17H2. The Labute approximate surface area is 128 Å². The lowest BCUT2D eigenvalue weighted by molar-refractivity contribution is -0.0268. The summed E-state index contributed by atoms with van der Waals surface area (Å²) in [6.45, 7) is 0. The Kier molecular flexibility index (Phi) is 3.34. The highest BCUT2D eigenvalue weighted by atomic mass is 32.2. The van der Waals surface area contributed by atoms with Crippen LogP contribution in [0.5, 0.6) is 0 Å². The molecule has 1 aromatic heterocycles. The van der Waals surface area contributed by atoms with Gasteiger partial charge in [0.15, 0.2) is 5.58 Å². The molecule has 1 atom stereocenters. The molecule has 1 aromatic carbocycles. The molecule has 2 fully saturated rings. The van der Waals surface area contributed by atoms with Crippen molar-refractivity contribution < 1.29 is 9.15 Å². The largest absolute Gasteiger partial charge is 0.431 e. The van der Waals surface area contributed by atoms with Crippen LogP contribution in [0.3, 0.4) is 0 Å². The lowest BCUT2D eigenvalue weighted by Gasteiger charge is -2.23. The molecule has 4 nitrogen and oxygen atoms in total. The fourth-order valence-corrected chi connectivity index (χ4v) is 4.42. The number of benzene rings is 1. The number of hydrogen-bond acceptors (Lipinski definition) is 5. The smallest absolute Gasteiger partial charge is 0.256 e. The molecule has 2 heterocycles. The van der Waals surface area contributed by atoms with Crippen molar-refractivity contribution in [1.29, 1.82) is 0 Å². The summed E-state index contributed by atoms with van der Waals surface area (Å²) < 4.78 is 12.1. The van der Waals surface area contributed by atoms with Gasteiger partial charge in [0.2, 0.25) is 0 Å². The quantitative estimate of drug-likeness (QED) is 0.686. The molecular formula is C16H20N2O2S. The number of anilines is 1. The average molecular weight is 304 g/mol. The van der Waals surface area contributed by atoms with Gasteiger partial charge in [0, 0.05) is 11.4 Å². The molecule has 4 rings (SSSR count). The highest BCUT2D eigenvalue weighted by molar-refractivity contribution is 7.99. The molecule has 2 N–H and O–H groups in total. The summed E-state index contributed by atoms with van der Waals surface area (Å²) in [6.07, 6.45) is 7.88. The number of thioether (sulfide) groups is 1. The molecule has 2 aliphatic rings. The van der Waals surface area contributed by atoms with E-state index in [1.54, 1.807) is 11.8 Å². The molecule has 1 unspecified atom stereocenters. The molecule has 2 aromatic rings. The number of oxazole rings is 1. The zero-order valence-corrected chi connectivity index (χ0v) is 12.8. The number of nitrogens with zero attached hydrogens (tertiary/aromatic N) is 1. The second-order valence-electron chi connectivity index (χ2n) is 6.19. The average Bonchev–Trinajstić information content (AvgIpc) is 3.18. The molecule has 1 aliphatic heterocycles. The van der Waals surface area contributed by atoms with Crippen LogP contribution >= 0.6 is 11.8 Å². The van der Waals surface area contributed by atoms with Crippen LogP contribution in [0.4, 0.5) is 5.69 Å². The zero-order valence-electron chi connectivity index (χ0n) is 12.0. The molecule has 0 amide bonds. The van der Waals surface area contributed by atoms with Crippen molar-refractivity contribution in [1.82, 2.24) is 4.98 Å². The SMILES string of the molecule is Nc1ccc2oc(SCC3CCC4(CCCC4)O3)nc2c1. The highest BCUT2D eigenvalue weighted by Crippen LogP contribution is 2.44. The van der Waals surface area contributed by atoms with Gasteiger partial charge in [-0.05, 0) is 43.9 Å². The van der Waals surface area contributed by atoms with Gasteiger partial charge in [0.05, 0.1) is 11.7 Å². The van der Waals surface area contributed by atoms with Crippen molar-refractivity contribution in [3.8, 4) is 0 Å². The first-order chi connectivity index (χ1) is 10.2. The monoisotopic (exact) mass is 304 g/mol. The summed E-state index contributed by atoms with van der Waals surface area (Å²) in [6, 6.07) is 5.57. The maximum atomic E-state index is 6.31. The summed E-state index contributed by atoms with van der Waals surface area (Å²) in [4.78, 5) is 4.48. The first-order valence-corrected chi connectivity index (χ1v) is 8.68. The van der Waals surface area contributed by atoms with Crippen LogP contribution in [0.15, 0.2) is 27.8 Å². The Morgan fingerprint density at radius 3 is 3.00 bits per heavy atom. The van der Waals surface area contributed by atoms with Crippen molar-refractivity contribution >= 4 is 28.5 Å². The number of rotatable bonds is 3. The first-order valence-electron chi connectivity index (χ1n) is 7.69. The van der Waals surface area contributed by atoms with Gasteiger partial charge in [0.1, 0.15) is 5.52 Å². The van der Waals surface area contributed by atoms with E-state index in [1.165, 1.54) is 38.5 Å². The predicted octanol–water partition coefficient (Wildman–Crippen LogP) is 3.99. The Bertz CT molecular complexity index is 649. The fraction of sp³-hybridized carbons (Fsp3) is 0.562. The van der Waals surface area contributed by atoms with Gasteiger partial charge in [-0.25, -0.2) is 4.98 Å². The van der Waals surface area contributed by atoms with E-state index in [9.17, 15) is 0 Å². The van der Waals surface area contributed by atoms with Crippen LogP contribution < -0.4 is 5.73 Å². The van der Waals surface area contributed by atoms with Crippen molar-refractivity contribution in [3.63, 3.8) is 0 Å². The number of fused-ring (bicyclic) bond motifs is 1. The van der Waals surface area contributed by atoms with Crippen molar-refractivity contribution in [3.05, 3.63) is 18.2 Å². The van der Waals surface area contributed by atoms with Crippen LogP contribution in [-0.2, 0) is 4.74 Å². The summed E-state index contributed by atoms with van der Waals surface area (Å²) in [5.74, 6) is 0.921. The van der Waals surface area contributed by atoms with E-state index in [0.29, 0.717) is 11.3 Å². The molecule has 1 aliphatic carbocycles. The van der Waals surface area contributed by atoms with Crippen LogP contribution in [0.25, 0.3) is 11.1 Å². The molecule has 0 bridgehead atoms. The van der Waals surface area contributed by atoms with Crippen LogP contribution in [-0.4, -0.2) is 22.4 Å². The normalized spacial score (nSPS) is 24.3. The van der Waals surface area contributed by atoms with Crippen molar-refractivity contribution in [2.24, 2.45) is 0 Å². The van der Waals surface area contributed by atoms with E-state index in [4.69, 9.17) is 14.9 Å². The van der Waals surface area contributed by atoms with Gasteiger partial charge in [-0.3, -0.25) is 0 Å². The lowest BCUT2D eigenvalue weighted by Crippen LogP contribution is -2.25. The van der Waals surface area contributed by atoms with Crippen molar-refractivity contribution in [2.45, 2.75) is 55.5 Å². The lowest BCUT2D eigenvalue weighted by atomic mass is 9.98. The Morgan fingerprint density at radius 1 is 1.29 bits per heavy atom. The molecule has 0 radical (unpaired) electrons. The van der Waals surface area contributed by atoms with Gasteiger partial charge in [0.25, 0.3) is 5.22 Å². The molecule has 21 heavy (non-hydrogen) atoms. The third-order valence-corrected chi connectivity index (χ3v) is 5.60. The van der Waals surface area contributed by atoms with E-state index in [-0.39, 0.29) is 5.60 Å².